The molecule has 0 unspecified atom stereocenters. The number of hydrogen-bond donors (Lipinski definition) is 0. The Morgan fingerprint density at radius 1 is 0.500 bits per heavy atom. The second-order valence-electron chi connectivity index (χ2n) is 5.45. The molecule has 0 bridgehead atoms. The van der Waals surface area contributed by atoms with Crippen LogP contribution in [0.25, 0.3) is 0 Å². The zero-order chi connectivity index (χ0) is 12.2. The van der Waals surface area contributed by atoms with Crippen molar-refractivity contribution >= 4 is 43.9 Å². The minimum absolute atomic E-state index is 0.822. The van der Waals surface area contributed by atoms with Crippen LogP contribution in [-0.4, -0.2) is 19.5 Å². The zero-order valence-corrected chi connectivity index (χ0v) is 14.0. The molecule has 0 aromatic rings. The van der Waals surface area contributed by atoms with Crippen LogP contribution in [0.2, 0.25) is 0 Å². The maximum Gasteiger partial charge on any atom is 0.0332 e. The van der Waals surface area contributed by atoms with Crippen LogP contribution in [0.15, 0.2) is 0 Å². The Bertz CT molecular complexity index is 220. The Balaban J connectivity index is 1.45. The molecular weight excluding hydrogens is 300 g/mol. The monoisotopic (exact) mass is 322 g/mol. The Morgan fingerprint density at radius 3 is 1.17 bits per heavy atom. The van der Waals surface area contributed by atoms with E-state index in [2.05, 4.69) is 7.42 Å². The van der Waals surface area contributed by atoms with Crippen LogP contribution in [0.1, 0.15) is 64.2 Å². The van der Waals surface area contributed by atoms with Crippen molar-refractivity contribution in [2.45, 2.75) is 76.3 Å². The van der Waals surface area contributed by atoms with Crippen molar-refractivity contribution in [2.75, 3.05) is 0 Å². The van der Waals surface area contributed by atoms with Crippen LogP contribution < -0.4 is 0 Å². The predicted octanol–water partition coefficient (Wildman–Crippen LogP) is 5.69. The topological polar surface area (TPSA) is 6.48 Å². The Hall–Kier alpha value is 1.32. The average molecular weight is 323 g/mol. The minimum atomic E-state index is 0.822. The van der Waals surface area contributed by atoms with E-state index in [-0.39, 0.29) is 0 Å². The van der Waals surface area contributed by atoms with Crippen LogP contribution in [0.4, 0.5) is 0 Å². The second-order valence-corrected chi connectivity index (χ2v) is 9.87. The first-order valence-corrected chi connectivity index (χ1v) is 11.3. The molecule has 0 atom stereocenters. The highest BCUT2D eigenvalue weighted by atomic mass is 33.2. The van der Waals surface area contributed by atoms with E-state index in [9.17, 15) is 0 Å². The quantitative estimate of drug-likeness (QED) is 0.472. The molecule has 1 heterocycles. The van der Waals surface area contributed by atoms with Crippen LogP contribution in [0.3, 0.4) is 0 Å². The van der Waals surface area contributed by atoms with Gasteiger partial charge in [0.25, 0.3) is 0 Å². The first-order chi connectivity index (χ1) is 8.93. The molecule has 3 fully saturated rings. The lowest BCUT2D eigenvalue weighted by atomic mass is 9.96. The summed E-state index contributed by atoms with van der Waals surface area (Å²) in [6, 6.07) is 1.64. The fourth-order valence-electron chi connectivity index (χ4n) is 2.98. The molecule has 0 aromatic carbocycles. The molecular formula is C12H22N2S4. The van der Waals surface area contributed by atoms with Gasteiger partial charge in [-0.15, -0.1) is 0 Å². The molecule has 2 saturated carbocycles. The maximum absolute atomic E-state index is 2.56. The number of nitrogens with zero attached hydrogens (tertiary/aromatic N) is 2. The lowest BCUT2D eigenvalue weighted by molar-refractivity contribution is 0.358. The highest BCUT2D eigenvalue weighted by molar-refractivity contribution is 8.88. The van der Waals surface area contributed by atoms with E-state index in [0.29, 0.717) is 0 Å². The zero-order valence-electron chi connectivity index (χ0n) is 10.8. The summed E-state index contributed by atoms with van der Waals surface area (Å²) in [4.78, 5) is 0. The van der Waals surface area contributed by atoms with E-state index >= 15 is 0 Å². The van der Waals surface area contributed by atoms with E-state index in [4.69, 9.17) is 0 Å². The third-order valence-corrected chi connectivity index (χ3v) is 10.4. The average Bonchev–Trinajstić information content (AvgIpc) is 2.49. The summed E-state index contributed by atoms with van der Waals surface area (Å²) < 4.78 is 5.13. The standard InChI is InChI=1S/C12H22N2S4/c1-3-7-11(8-4-1)13-15-17-14(18-16-13)12-9-5-2-6-10-12/h11-12H,1-10H2. The minimum Gasteiger partial charge on any atom is -0.170 e. The molecule has 0 N–H and O–H groups in total. The molecule has 0 spiro atoms. The van der Waals surface area contributed by atoms with Gasteiger partial charge in [0.15, 0.2) is 0 Å². The third-order valence-electron chi connectivity index (χ3n) is 4.11. The van der Waals surface area contributed by atoms with Crippen LogP contribution >= 0.6 is 43.9 Å². The van der Waals surface area contributed by atoms with Crippen molar-refractivity contribution in [3.63, 3.8) is 0 Å². The SMILES string of the molecule is C1CCC(N2SSN(C3CCCCC3)SS2)CC1. The van der Waals surface area contributed by atoms with Crippen LogP contribution in [-0.2, 0) is 0 Å². The van der Waals surface area contributed by atoms with Gasteiger partial charge in [-0.1, -0.05) is 38.5 Å². The van der Waals surface area contributed by atoms with Gasteiger partial charge in [-0.25, -0.2) is 0 Å². The van der Waals surface area contributed by atoms with Gasteiger partial charge < -0.3 is 0 Å². The van der Waals surface area contributed by atoms with Gasteiger partial charge in [0.1, 0.15) is 0 Å². The molecule has 1 saturated heterocycles. The van der Waals surface area contributed by atoms with Crippen molar-refractivity contribution in [3.8, 4) is 0 Å². The second kappa shape index (κ2) is 7.36. The smallest absolute Gasteiger partial charge is 0.0332 e. The molecule has 1 aliphatic heterocycles. The fourth-order valence-corrected chi connectivity index (χ4v) is 9.79. The van der Waals surface area contributed by atoms with Crippen LogP contribution in [0.5, 0.6) is 0 Å². The van der Waals surface area contributed by atoms with Gasteiger partial charge >= 0.3 is 0 Å². The molecule has 6 heteroatoms. The summed E-state index contributed by atoms with van der Waals surface area (Å²) in [5.74, 6) is 0. The molecule has 0 radical (unpaired) electrons. The van der Waals surface area contributed by atoms with E-state index in [1.807, 2.05) is 43.9 Å². The molecule has 2 aliphatic carbocycles. The van der Waals surface area contributed by atoms with E-state index in [0.717, 1.165) is 12.1 Å². The van der Waals surface area contributed by atoms with Gasteiger partial charge in [-0.3, -0.25) is 0 Å². The molecule has 18 heavy (non-hydrogen) atoms. The molecule has 0 aromatic heterocycles. The van der Waals surface area contributed by atoms with Crippen molar-refractivity contribution in [1.82, 2.24) is 7.42 Å². The summed E-state index contributed by atoms with van der Waals surface area (Å²) in [6.07, 6.45) is 14.3. The van der Waals surface area contributed by atoms with E-state index in [1.165, 1.54) is 64.2 Å². The van der Waals surface area contributed by atoms with Crippen LogP contribution in [0, 0.1) is 0 Å². The van der Waals surface area contributed by atoms with Gasteiger partial charge in [-0.2, -0.15) is 7.42 Å². The fraction of sp³-hybridized carbons (Fsp3) is 1.00. The predicted molar refractivity (Wildman–Crippen MR) is 87.8 cm³/mol. The van der Waals surface area contributed by atoms with E-state index in [1.54, 1.807) is 0 Å². The van der Waals surface area contributed by atoms with Crippen molar-refractivity contribution in [2.24, 2.45) is 0 Å². The van der Waals surface area contributed by atoms with Crippen molar-refractivity contribution in [3.05, 3.63) is 0 Å². The normalized spacial score (nSPS) is 30.7. The van der Waals surface area contributed by atoms with Gasteiger partial charge in [-0.05, 0) is 25.7 Å². The Kier molecular flexibility index (Phi) is 5.84. The van der Waals surface area contributed by atoms with E-state index < -0.39 is 0 Å². The van der Waals surface area contributed by atoms with Gasteiger partial charge in [0.2, 0.25) is 0 Å². The van der Waals surface area contributed by atoms with Gasteiger partial charge in [0, 0.05) is 56.0 Å². The largest absolute Gasteiger partial charge is 0.170 e. The first-order valence-electron chi connectivity index (χ1n) is 7.21. The lowest BCUT2D eigenvalue weighted by Gasteiger charge is -2.39. The highest BCUT2D eigenvalue weighted by Crippen LogP contribution is 2.55. The Labute approximate surface area is 127 Å². The van der Waals surface area contributed by atoms with Gasteiger partial charge in [0.05, 0.1) is 0 Å². The number of rotatable bonds is 2. The molecule has 104 valence electrons. The molecule has 3 aliphatic rings. The van der Waals surface area contributed by atoms with Crippen molar-refractivity contribution < 1.29 is 0 Å². The molecule has 0 amide bonds. The third kappa shape index (κ3) is 3.70. The maximum atomic E-state index is 2.56. The summed E-state index contributed by atoms with van der Waals surface area (Å²) in [5, 5.41) is 0. The molecule has 3 rings (SSSR count). The Morgan fingerprint density at radius 2 is 0.833 bits per heavy atom. The highest BCUT2D eigenvalue weighted by Gasteiger charge is 2.32. The first kappa shape index (κ1) is 14.3. The summed E-state index contributed by atoms with van der Waals surface area (Å²) in [6.45, 7) is 0. The summed E-state index contributed by atoms with van der Waals surface area (Å²) in [5.41, 5.74) is 0. The summed E-state index contributed by atoms with van der Waals surface area (Å²) in [7, 11) is 7.96. The summed E-state index contributed by atoms with van der Waals surface area (Å²) >= 11 is 0. The lowest BCUT2D eigenvalue weighted by Crippen LogP contribution is -2.31. The molecule has 2 nitrogen and oxygen atoms in total. The van der Waals surface area contributed by atoms with Crippen molar-refractivity contribution in [1.29, 1.82) is 0 Å². The number of hydrogen-bond acceptors (Lipinski definition) is 6.